The summed E-state index contributed by atoms with van der Waals surface area (Å²) in [5.41, 5.74) is 4.50. The predicted molar refractivity (Wildman–Crippen MR) is 140 cm³/mol. The van der Waals surface area contributed by atoms with Gasteiger partial charge in [-0.25, -0.2) is 0 Å². The maximum absolute atomic E-state index is 9.33. The van der Waals surface area contributed by atoms with Crippen molar-refractivity contribution in [2.45, 2.75) is 39.9 Å². The number of carbonyl (C=O) groups is 1. The smallest absolute Gasteiger partial charge is 0.123 e. The summed E-state index contributed by atoms with van der Waals surface area (Å²) in [7, 11) is 0. The highest BCUT2D eigenvalue weighted by molar-refractivity contribution is 8.00. The highest BCUT2D eigenvalue weighted by atomic mass is 32.2. The molecule has 3 aromatic rings. The lowest BCUT2D eigenvalue weighted by atomic mass is 10.0. The van der Waals surface area contributed by atoms with Crippen LogP contribution in [0.25, 0.3) is 0 Å². The molecule has 1 saturated heterocycles. The van der Waals surface area contributed by atoms with Crippen LogP contribution in [0, 0.1) is 6.92 Å². The molecule has 1 fully saturated rings. The Labute approximate surface area is 206 Å². The van der Waals surface area contributed by atoms with Crippen LogP contribution in [0.15, 0.2) is 100 Å². The van der Waals surface area contributed by atoms with Crippen molar-refractivity contribution in [2.75, 3.05) is 19.7 Å². The molecule has 2 aliphatic heterocycles. The molecule has 172 valence electrons. The zero-order valence-corrected chi connectivity index (χ0v) is 20.7. The number of benzene rings is 3. The lowest BCUT2D eigenvalue weighted by Crippen LogP contribution is -2.36. The highest BCUT2D eigenvalue weighted by Gasteiger charge is 2.15. The van der Waals surface area contributed by atoms with E-state index in [9.17, 15) is 4.79 Å². The number of allylic oxidation sites excluding steroid dienone is 1. The predicted octanol–water partition coefficient (Wildman–Crippen LogP) is 6.54. The molecule has 0 aromatic heterocycles. The fraction of sp³-hybridized carbons (Fsp3) is 0.250. The maximum atomic E-state index is 9.33. The number of morpholine rings is 1. The molecule has 2 heterocycles. The molecule has 1 unspecified atom stereocenters. The van der Waals surface area contributed by atoms with Crippen LogP contribution < -0.4 is 5.32 Å². The van der Waals surface area contributed by atoms with Crippen molar-refractivity contribution in [3.05, 3.63) is 102 Å². The Balaban J connectivity index is 0.000000155. The van der Waals surface area contributed by atoms with E-state index in [2.05, 4.69) is 91.6 Å². The average molecular weight is 478 g/mol. The van der Waals surface area contributed by atoms with E-state index >= 15 is 0 Å². The van der Waals surface area contributed by atoms with Gasteiger partial charge in [0.05, 0.1) is 6.61 Å². The molecule has 5 heteroatoms. The van der Waals surface area contributed by atoms with E-state index in [1.807, 2.05) is 11.8 Å². The van der Waals surface area contributed by atoms with Gasteiger partial charge in [0.1, 0.15) is 11.7 Å². The van der Waals surface area contributed by atoms with Crippen molar-refractivity contribution < 1.29 is 9.53 Å². The lowest BCUT2D eigenvalue weighted by Gasteiger charge is -2.23. The van der Waals surface area contributed by atoms with Crippen molar-refractivity contribution in [3.63, 3.8) is 0 Å². The van der Waals surface area contributed by atoms with Gasteiger partial charge in [-0.3, -0.25) is 0 Å². The van der Waals surface area contributed by atoms with Gasteiger partial charge >= 0.3 is 0 Å². The first-order valence-corrected chi connectivity index (χ1v) is 12.8. The van der Waals surface area contributed by atoms with Crippen molar-refractivity contribution >= 4 is 29.8 Å². The Morgan fingerprint density at radius 1 is 1.03 bits per heavy atom. The highest BCUT2D eigenvalue weighted by Crippen LogP contribution is 2.38. The van der Waals surface area contributed by atoms with Gasteiger partial charge in [0.2, 0.25) is 0 Å². The molecule has 0 aliphatic carbocycles. The van der Waals surface area contributed by atoms with Gasteiger partial charge in [-0.1, -0.05) is 84.2 Å². The topological polar surface area (TPSA) is 38.3 Å². The minimum absolute atomic E-state index is 0.268. The first kappa shape index (κ1) is 25.3. The van der Waals surface area contributed by atoms with Crippen LogP contribution in [0.2, 0.25) is 0 Å². The fourth-order valence-corrected chi connectivity index (χ4v) is 5.47. The summed E-state index contributed by atoms with van der Waals surface area (Å²) in [5, 5.41) is 3.33. The summed E-state index contributed by atoms with van der Waals surface area (Å²) in [4.78, 5) is 13.5. The number of thioether (sulfide) groups is 1. The van der Waals surface area contributed by atoms with Crippen molar-refractivity contribution in [1.29, 1.82) is 0 Å². The zero-order valence-electron chi connectivity index (χ0n) is 19.0. The second-order valence-electron chi connectivity index (χ2n) is 7.57. The Morgan fingerprint density at radius 2 is 1.67 bits per heavy atom. The van der Waals surface area contributed by atoms with E-state index in [0.717, 1.165) is 32.4 Å². The summed E-state index contributed by atoms with van der Waals surface area (Å²) >= 11 is 3.69. The summed E-state index contributed by atoms with van der Waals surface area (Å²) < 4.78 is 5.64. The molecule has 3 nitrogen and oxygen atoms in total. The van der Waals surface area contributed by atoms with Crippen LogP contribution >= 0.6 is 23.5 Å². The monoisotopic (exact) mass is 477 g/mol. The van der Waals surface area contributed by atoms with Crippen LogP contribution in [0.5, 0.6) is 0 Å². The second-order valence-corrected chi connectivity index (χ2v) is 9.86. The third-order valence-electron chi connectivity index (χ3n) is 5.05. The molecule has 0 radical (unpaired) electrons. The number of aryl methyl sites for hydroxylation is 1. The van der Waals surface area contributed by atoms with E-state index in [1.54, 1.807) is 17.8 Å². The normalized spacial score (nSPS) is 16.0. The van der Waals surface area contributed by atoms with Crippen molar-refractivity contribution in [2.24, 2.45) is 0 Å². The summed E-state index contributed by atoms with van der Waals surface area (Å²) in [5.74, 6) is 0. The van der Waals surface area contributed by atoms with Crippen LogP contribution in [0.1, 0.15) is 23.1 Å². The third-order valence-corrected chi connectivity index (χ3v) is 7.57. The van der Waals surface area contributed by atoms with Crippen LogP contribution in [0.3, 0.4) is 0 Å². The van der Waals surface area contributed by atoms with Crippen LogP contribution in [-0.4, -0.2) is 31.4 Å². The molecule has 2 aliphatic rings. The second kappa shape index (κ2) is 14.1. The third kappa shape index (κ3) is 8.20. The van der Waals surface area contributed by atoms with E-state index in [4.69, 9.17) is 4.74 Å². The van der Waals surface area contributed by atoms with Crippen molar-refractivity contribution in [1.82, 2.24) is 5.32 Å². The molecule has 5 rings (SSSR count). The molecule has 1 atom stereocenters. The quantitative estimate of drug-likeness (QED) is 0.267. The standard InChI is InChI=1S/C13H10S.C11H15NOS.C4H6O/c1-3-7-12-10(5-1)9-11-6-2-4-8-13(11)14-12;1-9-4-2-3-5-10(9)14-11-8-12-6-7-13-11;1-2-3-4-5/h1-8H,9H2;2-5,11-12H,6-8H2,1H3;2,4H,1,3H2. The maximum Gasteiger partial charge on any atom is 0.123 e. The van der Waals surface area contributed by atoms with E-state index < -0.39 is 0 Å². The minimum Gasteiger partial charge on any atom is -0.365 e. The molecule has 0 saturated carbocycles. The summed E-state index contributed by atoms with van der Waals surface area (Å²) in [6.45, 7) is 8.20. The lowest BCUT2D eigenvalue weighted by molar-refractivity contribution is -0.107. The fourth-order valence-electron chi connectivity index (χ4n) is 3.34. The molecule has 0 bridgehead atoms. The van der Waals surface area contributed by atoms with Crippen LogP contribution in [-0.2, 0) is 16.0 Å². The van der Waals surface area contributed by atoms with Gasteiger partial charge in [-0.05, 0) is 48.2 Å². The van der Waals surface area contributed by atoms with Gasteiger partial charge < -0.3 is 14.8 Å². The van der Waals surface area contributed by atoms with Gasteiger partial charge in [-0.15, -0.1) is 6.58 Å². The Kier molecular flexibility index (Phi) is 10.8. The Morgan fingerprint density at radius 3 is 2.21 bits per heavy atom. The van der Waals surface area contributed by atoms with E-state index in [-0.39, 0.29) is 5.44 Å². The van der Waals surface area contributed by atoms with E-state index in [1.165, 1.54) is 31.4 Å². The number of carbonyl (C=O) groups excluding carboxylic acids is 1. The Hall–Kier alpha value is -2.31. The molecular formula is C28H31NO2S2. The number of rotatable bonds is 4. The SMILES string of the molecule is C=CCC=O.Cc1ccccc1SC1CNCCO1.c1ccc2c(c1)Cc1ccccc1S2. The molecule has 0 spiro atoms. The van der Waals surface area contributed by atoms with Crippen LogP contribution in [0.4, 0.5) is 0 Å². The Bertz CT molecular complexity index is 938. The van der Waals surface area contributed by atoms with Gasteiger partial charge in [0.25, 0.3) is 0 Å². The largest absolute Gasteiger partial charge is 0.365 e. The van der Waals surface area contributed by atoms with Gasteiger partial charge in [0, 0.05) is 34.2 Å². The number of fused-ring (bicyclic) bond motifs is 2. The number of nitrogens with one attached hydrogen (secondary N) is 1. The minimum atomic E-state index is 0.268. The summed E-state index contributed by atoms with van der Waals surface area (Å²) in [6, 6.07) is 25.7. The average Bonchev–Trinajstić information content (AvgIpc) is 2.86. The molecule has 3 aromatic carbocycles. The molecule has 0 amide bonds. The first-order valence-electron chi connectivity index (χ1n) is 11.1. The summed E-state index contributed by atoms with van der Waals surface area (Å²) in [6.07, 6.45) is 3.93. The molecule has 1 N–H and O–H groups in total. The first-order chi connectivity index (χ1) is 16.2. The zero-order chi connectivity index (χ0) is 23.3. The number of hydrogen-bond acceptors (Lipinski definition) is 5. The number of hydrogen-bond donors (Lipinski definition) is 1. The van der Waals surface area contributed by atoms with E-state index in [0.29, 0.717) is 6.42 Å². The van der Waals surface area contributed by atoms with Gasteiger partial charge in [0.15, 0.2) is 0 Å². The number of ether oxygens (including phenoxy) is 1. The molecular weight excluding hydrogens is 446 g/mol. The van der Waals surface area contributed by atoms with Crippen molar-refractivity contribution in [3.8, 4) is 0 Å². The van der Waals surface area contributed by atoms with Gasteiger partial charge in [-0.2, -0.15) is 0 Å². The molecule has 33 heavy (non-hydrogen) atoms. The number of aldehydes is 1.